The highest BCUT2D eigenvalue weighted by molar-refractivity contribution is 7.11. The zero-order chi connectivity index (χ0) is 12.8. The van der Waals surface area contributed by atoms with Crippen LogP contribution in [0, 0.1) is 6.92 Å². The van der Waals surface area contributed by atoms with Crippen molar-refractivity contribution in [1.29, 1.82) is 0 Å². The van der Waals surface area contributed by atoms with Gasteiger partial charge in [-0.15, -0.1) is 11.3 Å². The van der Waals surface area contributed by atoms with E-state index in [0.29, 0.717) is 13.0 Å². The number of amides is 1. The van der Waals surface area contributed by atoms with Gasteiger partial charge in [-0.05, 0) is 30.0 Å². The number of aromatic amines is 1. The summed E-state index contributed by atoms with van der Waals surface area (Å²) in [5, 5.41) is 11.3. The van der Waals surface area contributed by atoms with E-state index in [4.69, 9.17) is 0 Å². The lowest BCUT2D eigenvalue weighted by Crippen LogP contribution is -2.23. The lowest BCUT2D eigenvalue weighted by Gasteiger charge is -1.99. The van der Waals surface area contributed by atoms with Gasteiger partial charge in [0.1, 0.15) is 12.2 Å². The molecule has 94 valence electrons. The summed E-state index contributed by atoms with van der Waals surface area (Å²) in [6, 6.07) is 2.03. The fourth-order valence-corrected chi connectivity index (χ4v) is 2.24. The van der Waals surface area contributed by atoms with Gasteiger partial charge in [0.2, 0.25) is 5.91 Å². The quantitative estimate of drug-likeness (QED) is 0.803. The molecular weight excluding hydrogens is 248 g/mol. The minimum atomic E-state index is -0.0951. The number of nitrogens with zero attached hydrogens (tertiary/aromatic N) is 2. The van der Waals surface area contributed by atoms with Crippen LogP contribution in [0.1, 0.15) is 16.3 Å². The third kappa shape index (κ3) is 3.53. The van der Waals surface area contributed by atoms with Crippen LogP contribution in [0.2, 0.25) is 0 Å². The van der Waals surface area contributed by atoms with Gasteiger partial charge in [0, 0.05) is 23.9 Å². The van der Waals surface area contributed by atoms with Crippen molar-refractivity contribution in [2.24, 2.45) is 0 Å². The van der Waals surface area contributed by atoms with Crippen LogP contribution in [0.4, 0.5) is 0 Å². The Kier molecular flexibility index (Phi) is 4.25. The second-order valence-corrected chi connectivity index (χ2v) is 4.72. The topological polar surface area (TPSA) is 70.7 Å². The van der Waals surface area contributed by atoms with Crippen LogP contribution in [0.5, 0.6) is 0 Å². The summed E-state index contributed by atoms with van der Waals surface area (Å²) in [6.07, 6.45) is 5.50. The Balaban J connectivity index is 1.75. The molecule has 0 bridgehead atoms. The third-order valence-corrected chi connectivity index (χ3v) is 3.40. The number of rotatable bonds is 5. The third-order valence-electron chi connectivity index (χ3n) is 2.41. The molecule has 0 unspecified atom stereocenters. The van der Waals surface area contributed by atoms with Gasteiger partial charge in [0.25, 0.3) is 0 Å². The molecule has 2 aromatic rings. The van der Waals surface area contributed by atoms with Crippen LogP contribution in [-0.4, -0.2) is 27.6 Å². The molecule has 5 nitrogen and oxygen atoms in total. The van der Waals surface area contributed by atoms with Crippen LogP contribution < -0.4 is 5.32 Å². The van der Waals surface area contributed by atoms with Crippen molar-refractivity contribution in [3.05, 3.63) is 40.1 Å². The number of aromatic nitrogens is 3. The average Bonchev–Trinajstić information content (AvgIpc) is 2.98. The van der Waals surface area contributed by atoms with Gasteiger partial charge in [-0.2, -0.15) is 5.10 Å². The SMILES string of the molecule is Cc1ccsc1C=CC(=O)NCCc1ncn[nH]1. The minimum Gasteiger partial charge on any atom is -0.352 e. The number of H-pyrrole nitrogens is 1. The van der Waals surface area contributed by atoms with Crippen LogP contribution in [0.3, 0.4) is 0 Å². The van der Waals surface area contributed by atoms with Crippen LogP contribution in [0.25, 0.3) is 6.08 Å². The van der Waals surface area contributed by atoms with Gasteiger partial charge >= 0.3 is 0 Å². The number of nitrogens with one attached hydrogen (secondary N) is 2. The van der Waals surface area contributed by atoms with E-state index >= 15 is 0 Å². The van der Waals surface area contributed by atoms with Crippen molar-refractivity contribution in [3.8, 4) is 0 Å². The summed E-state index contributed by atoms with van der Waals surface area (Å²) in [5.41, 5.74) is 1.19. The maximum atomic E-state index is 11.5. The molecule has 18 heavy (non-hydrogen) atoms. The second kappa shape index (κ2) is 6.11. The number of carbonyl (C=O) groups excluding carboxylic acids is 1. The molecule has 2 N–H and O–H groups in total. The first-order valence-electron chi connectivity index (χ1n) is 5.60. The summed E-state index contributed by atoms with van der Waals surface area (Å²) in [5.74, 6) is 0.677. The number of hydrogen-bond acceptors (Lipinski definition) is 4. The Morgan fingerprint density at radius 2 is 2.50 bits per heavy atom. The fraction of sp³-hybridized carbons (Fsp3) is 0.250. The van der Waals surface area contributed by atoms with Gasteiger partial charge in [0.15, 0.2) is 0 Å². The average molecular weight is 262 g/mol. The van der Waals surface area contributed by atoms with E-state index in [1.165, 1.54) is 11.9 Å². The molecule has 2 heterocycles. The molecule has 1 amide bonds. The molecule has 0 radical (unpaired) electrons. The van der Waals surface area contributed by atoms with E-state index in [1.54, 1.807) is 17.4 Å². The first-order valence-corrected chi connectivity index (χ1v) is 6.48. The van der Waals surface area contributed by atoms with E-state index in [9.17, 15) is 4.79 Å². The maximum Gasteiger partial charge on any atom is 0.244 e. The van der Waals surface area contributed by atoms with Crippen molar-refractivity contribution in [2.75, 3.05) is 6.54 Å². The summed E-state index contributed by atoms with van der Waals surface area (Å²) in [4.78, 5) is 16.6. The molecule has 0 spiro atoms. The summed E-state index contributed by atoms with van der Waals surface area (Å²) in [7, 11) is 0. The Labute approximate surface area is 109 Å². The van der Waals surface area contributed by atoms with E-state index in [-0.39, 0.29) is 5.91 Å². The molecule has 2 aromatic heterocycles. The molecule has 0 atom stereocenters. The largest absolute Gasteiger partial charge is 0.352 e. The van der Waals surface area contributed by atoms with E-state index in [1.807, 2.05) is 24.4 Å². The molecule has 0 aliphatic carbocycles. The number of aryl methyl sites for hydroxylation is 1. The van der Waals surface area contributed by atoms with Gasteiger partial charge < -0.3 is 5.32 Å². The zero-order valence-corrected chi connectivity index (χ0v) is 10.8. The predicted molar refractivity (Wildman–Crippen MR) is 71.2 cm³/mol. The highest BCUT2D eigenvalue weighted by atomic mass is 32.1. The highest BCUT2D eigenvalue weighted by Crippen LogP contribution is 2.16. The monoisotopic (exact) mass is 262 g/mol. The van der Waals surface area contributed by atoms with Crippen molar-refractivity contribution in [3.63, 3.8) is 0 Å². The molecule has 0 fully saturated rings. The van der Waals surface area contributed by atoms with Crippen molar-refractivity contribution >= 4 is 23.3 Å². The fourth-order valence-electron chi connectivity index (χ4n) is 1.42. The van der Waals surface area contributed by atoms with Gasteiger partial charge in [0.05, 0.1) is 0 Å². The van der Waals surface area contributed by atoms with Crippen LogP contribution in [-0.2, 0) is 11.2 Å². The Morgan fingerprint density at radius 3 is 3.17 bits per heavy atom. The van der Waals surface area contributed by atoms with Crippen molar-refractivity contribution < 1.29 is 4.79 Å². The number of carbonyl (C=O) groups is 1. The molecule has 6 heteroatoms. The smallest absolute Gasteiger partial charge is 0.244 e. The van der Waals surface area contributed by atoms with Gasteiger partial charge in [-0.1, -0.05) is 0 Å². The minimum absolute atomic E-state index is 0.0951. The Bertz CT molecular complexity index is 530. The molecular formula is C12H14N4OS. The molecule has 2 rings (SSSR count). The summed E-state index contributed by atoms with van der Waals surface area (Å²) in [6.45, 7) is 2.57. The molecule has 0 saturated heterocycles. The predicted octanol–water partition coefficient (Wildman–Crippen LogP) is 1.55. The lowest BCUT2D eigenvalue weighted by molar-refractivity contribution is -0.116. The van der Waals surface area contributed by atoms with E-state index < -0.39 is 0 Å². The first-order chi connectivity index (χ1) is 8.75. The van der Waals surface area contributed by atoms with Crippen LogP contribution >= 0.6 is 11.3 Å². The molecule has 0 saturated carbocycles. The first kappa shape index (κ1) is 12.5. The Hall–Kier alpha value is -1.95. The number of thiophene rings is 1. The number of hydrogen-bond donors (Lipinski definition) is 2. The zero-order valence-electron chi connectivity index (χ0n) is 10.0. The lowest BCUT2D eigenvalue weighted by atomic mass is 10.3. The molecule has 0 aliphatic heterocycles. The standard InChI is InChI=1S/C12H14N4OS/c1-9-5-7-18-10(9)2-3-12(17)13-6-4-11-14-8-15-16-11/h2-3,5,7-8H,4,6H2,1H3,(H,13,17)(H,14,15,16). The van der Waals surface area contributed by atoms with Crippen molar-refractivity contribution in [1.82, 2.24) is 20.5 Å². The summed E-state index contributed by atoms with van der Waals surface area (Å²) < 4.78 is 0. The second-order valence-electron chi connectivity index (χ2n) is 3.77. The highest BCUT2D eigenvalue weighted by Gasteiger charge is 1.99. The van der Waals surface area contributed by atoms with Crippen LogP contribution in [0.15, 0.2) is 23.8 Å². The normalized spacial score (nSPS) is 10.9. The summed E-state index contributed by atoms with van der Waals surface area (Å²) >= 11 is 1.62. The molecule has 0 aromatic carbocycles. The van der Waals surface area contributed by atoms with Gasteiger partial charge in [-0.3, -0.25) is 9.89 Å². The van der Waals surface area contributed by atoms with Gasteiger partial charge in [-0.25, -0.2) is 4.98 Å². The van der Waals surface area contributed by atoms with E-state index in [0.717, 1.165) is 10.7 Å². The molecule has 0 aliphatic rings. The van der Waals surface area contributed by atoms with E-state index in [2.05, 4.69) is 20.5 Å². The Morgan fingerprint density at radius 1 is 1.61 bits per heavy atom. The maximum absolute atomic E-state index is 11.5. The van der Waals surface area contributed by atoms with Crippen molar-refractivity contribution in [2.45, 2.75) is 13.3 Å².